The van der Waals surface area contributed by atoms with Crippen molar-refractivity contribution in [2.24, 2.45) is 39.7 Å². The van der Waals surface area contributed by atoms with Crippen LogP contribution in [0.4, 0.5) is 0 Å². The predicted octanol–water partition coefficient (Wildman–Crippen LogP) is -10.7. The summed E-state index contributed by atoms with van der Waals surface area (Å²) in [5.41, 5.74) is 28.4. The quantitative estimate of drug-likeness (QED) is 0.0166. The molecule has 45 nitrogen and oxygen atoms in total. The van der Waals surface area contributed by atoms with E-state index in [4.69, 9.17) is 38.2 Å². The number of hydrogen-bond acceptors (Lipinski definition) is 28. The van der Waals surface area contributed by atoms with Gasteiger partial charge in [0.2, 0.25) is 76.8 Å². The number of oxime groups is 1. The van der Waals surface area contributed by atoms with Gasteiger partial charge in [-0.15, -0.1) is 0 Å². The Balaban J connectivity index is 1.93. The average Bonchev–Trinajstić information content (AvgIpc) is 0.900. The highest BCUT2D eigenvalue weighted by atomic mass is 16.8. The van der Waals surface area contributed by atoms with Crippen LogP contribution in [0.1, 0.15) is 116 Å². The maximum Gasteiger partial charge on any atom is 0.305 e. The summed E-state index contributed by atoms with van der Waals surface area (Å²) in [6, 6.07) is -14.1. The van der Waals surface area contributed by atoms with E-state index in [-0.39, 0.29) is 70.2 Å². The van der Waals surface area contributed by atoms with Gasteiger partial charge in [-0.1, -0.05) is 31.1 Å². The van der Waals surface area contributed by atoms with Crippen molar-refractivity contribution in [3.05, 3.63) is 48.0 Å². The first kappa shape index (κ1) is 93.1. The Morgan fingerprint density at radius 1 is 0.536 bits per heavy atom. The summed E-state index contributed by atoms with van der Waals surface area (Å²) < 4.78 is 5.14. The molecule has 0 bridgehead atoms. The van der Waals surface area contributed by atoms with Crippen molar-refractivity contribution in [1.82, 2.24) is 68.5 Å². The second-order valence-electron chi connectivity index (χ2n) is 26.0. The summed E-state index contributed by atoms with van der Waals surface area (Å²) in [4.78, 5) is 227. The number of aromatic amines is 1. The number of benzene rings is 1. The summed E-state index contributed by atoms with van der Waals surface area (Å²) in [7, 11) is 0. The number of aliphatic hydroxyl groups excluding tert-OH is 5. The number of phenolic OH excluding ortho intramolecular Hbond substituents is 1. The summed E-state index contributed by atoms with van der Waals surface area (Å²) in [5.74, 6) is -20.7. The molecule has 2 aromatic rings. The molecule has 30 N–H and O–H groups in total. The van der Waals surface area contributed by atoms with Crippen LogP contribution < -0.4 is 87.2 Å². The molecule has 0 radical (unpaired) electrons. The van der Waals surface area contributed by atoms with Crippen molar-refractivity contribution in [3.63, 3.8) is 0 Å². The van der Waals surface area contributed by atoms with Crippen molar-refractivity contribution in [1.29, 1.82) is 0 Å². The number of phenols is 1. The first-order chi connectivity index (χ1) is 51.8. The van der Waals surface area contributed by atoms with Gasteiger partial charge in [-0.25, -0.2) is 4.98 Å². The molecule has 110 heavy (non-hydrogen) atoms. The number of aromatic hydroxyl groups is 1. The molecular weight excluding hydrogens is 1460 g/mol. The first-order valence-corrected chi connectivity index (χ1v) is 34.8. The van der Waals surface area contributed by atoms with E-state index in [1.54, 1.807) is 0 Å². The number of amides is 14. The van der Waals surface area contributed by atoms with E-state index in [1.165, 1.54) is 57.6 Å². The van der Waals surface area contributed by atoms with Crippen LogP contribution >= 0.6 is 0 Å². The van der Waals surface area contributed by atoms with Crippen molar-refractivity contribution in [2.75, 3.05) is 19.7 Å². The zero-order valence-electron chi connectivity index (χ0n) is 60.7. The number of nitrogens with two attached hydrogens (primary N) is 5. The molecule has 1 aliphatic heterocycles. The molecule has 45 heteroatoms. The number of imidazole rings is 1. The van der Waals surface area contributed by atoms with Gasteiger partial charge in [-0.2, -0.15) is 0 Å². The minimum absolute atomic E-state index is 0.0354. The summed E-state index contributed by atoms with van der Waals surface area (Å²) in [6.07, 6.45) is -13.3. The van der Waals surface area contributed by atoms with Crippen molar-refractivity contribution < 1.29 is 127 Å². The van der Waals surface area contributed by atoms with E-state index in [1.807, 2.05) is 0 Å². The Labute approximate surface area is 628 Å². The molecule has 2 heterocycles. The highest BCUT2D eigenvalue weighted by Crippen LogP contribution is 2.22. The molecule has 3 rings (SSSR count). The number of unbranched alkanes of at least 4 members (excludes halogenated alkanes) is 2. The lowest BCUT2D eigenvalue weighted by molar-refractivity contribution is -0.301. The second kappa shape index (κ2) is 47.0. The van der Waals surface area contributed by atoms with Crippen LogP contribution in [0.5, 0.6) is 5.75 Å². The van der Waals surface area contributed by atoms with Crippen LogP contribution in [-0.4, -0.2) is 275 Å². The molecule has 17 atom stereocenters. The molecule has 0 saturated carbocycles. The topological polar surface area (TPSA) is 757 Å². The highest BCUT2D eigenvalue weighted by molar-refractivity contribution is 6.26. The predicted molar refractivity (Wildman–Crippen MR) is 377 cm³/mol. The van der Waals surface area contributed by atoms with Crippen molar-refractivity contribution in [3.8, 4) is 5.75 Å². The molecular formula is C65H101N19O26. The van der Waals surface area contributed by atoms with Crippen molar-refractivity contribution in [2.45, 2.75) is 221 Å². The second-order valence-corrected chi connectivity index (χ2v) is 26.0. The number of nitrogens with zero attached hydrogens (tertiary/aromatic N) is 2. The number of aromatic nitrogens is 2. The van der Waals surface area contributed by atoms with E-state index in [9.17, 15) is 118 Å². The SMILES string of the molecule is CC(C)[C@H](NC(=O)/C=N/O[C@H]1O[C@H](CO)[C@@H](O)[C@H](O)[C@@H]1O)C(=O)N[C@@H](CCC(=O)O)C(=O)N[C@@H](CCCCN)C(=O)N[C@@H](CC(N)=O)C(=O)N[C@@H](CC(=O)O)C(=O)N[C@@H](CCC(N)=O)C(=O)N[C@@H](CCCCN)C(=O)N[C@H](C(=O)N[C@@H](Cc1ccc(O)cc1)C(=O)N[C@@H](Cc1cnc[nH]1)C(=O)N[C@@H](C)C(N)=O)[C@@H](C)O. The van der Waals surface area contributed by atoms with Gasteiger partial charge in [-0.05, 0) is 102 Å². The number of carboxylic acid groups (broad SMARTS) is 2. The van der Waals surface area contributed by atoms with Gasteiger partial charge < -0.3 is 143 Å². The van der Waals surface area contributed by atoms with Gasteiger partial charge in [-0.3, -0.25) is 76.7 Å². The lowest BCUT2D eigenvalue weighted by Crippen LogP contribution is -2.62. The normalized spacial score (nSPS) is 18.7. The standard InChI is InChI=1S/C65H101N19O26/c1-29(2)49(83-46(90)26-73-110-65-53(97)52(96)51(95)43(27-85)109-65)63(107)78-38(16-18-47(91)92)57(101)75-35(9-5-7-19-66)55(99)80-41(23-45(69)89)61(105)81-42(24-48(93)94)62(106)77-37(15-17-44(68)88)56(100)76-36(10-6-8-20-67)58(102)84-50(31(4)86)64(108)82-39(21-32-11-13-34(87)14-12-32)60(104)79-40(22-33-25-71-28-72-33)59(103)74-30(3)54(70)98/h11-14,25-26,28-31,35-43,49-53,65,85-87,95-97H,5-10,15-24,27,66-67H2,1-4H3,(H2,68,88)(H2,69,89)(H2,70,98)(H,71,72)(H,74,103)(H,75,101)(H,76,100)(H,77,106)(H,78,107)(H,79,104)(H,80,99)(H,81,105)(H,82,108)(H,83,90)(H,84,102)(H,91,92)(H,93,94)/b73-26+/t30-,31+,35-,36-,37-,38-,39-,40-,41-,42-,43+,49-,50-,51+,52-,53-,65+/m0/s1. The largest absolute Gasteiger partial charge is 0.508 e. The van der Waals surface area contributed by atoms with Crippen LogP contribution in [0.15, 0.2) is 41.9 Å². The Morgan fingerprint density at radius 2 is 0.991 bits per heavy atom. The number of carboxylic acids is 2. The van der Waals surface area contributed by atoms with Gasteiger partial charge in [0.05, 0.1) is 31.9 Å². The molecule has 0 spiro atoms. The van der Waals surface area contributed by atoms with Crippen LogP contribution in [0.25, 0.3) is 0 Å². The lowest BCUT2D eigenvalue weighted by Gasteiger charge is -2.38. The number of H-pyrrole nitrogens is 1. The molecule has 0 aliphatic carbocycles. The van der Waals surface area contributed by atoms with Crippen LogP contribution in [0.2, 0.25) is 0 Å². The number of aliphatic carboxylic acids is 2. The van der Waals surface area contributed by atoms with Crippen molar-refractivity contribution >= 4 is 101 Å². The van der Waals surface area contributed by atoms with E-state index >= 15 is 0 Å². The third kappa shape index (κ3) is 32.4. The fraction of sp³-hybridized carbons (Fsp3) is 0.600. The number of ether oxygens (including phenoxy) is 1. The summed E-state index contributed by atoms with van der Waals surface area (Å²) >= 11 is 0. The zero-order valence-corrected chi connectivity index (χ0v) is 60.7. The summed E-state index contributed by atoms with van der Waals surface area (Å²) in [6.45, 7) is 4.53. The molecule has 0 unspecified atom stereocenters. The zero-order chi connectivity index (χ0) is 82.6. The Morgan fingerprint density at radius 3 is 1.46 bits per heavy atom. The monoisotopic (exact) mass is 1560 g/mol. The Kier molecular flexibility index (Phi) is 39.8. The minimum Gasteiger partial charge on any atom is -0.508 e. The first-order valence-electron chi connectivity index (χ1n) is 34.8. The van der Waals surface area contributed by atoms with Gasteiger partial charge in [0, 0.05) is 37.6 Å². The Bertz CT molecular complexity index is 3500. The number of rotatable bonds is 50. The number of carbonyl (C=O) groups is 16. The average molecular weight is 1560 g/mol. The number of carbonyl (C=O) groups excluding carboxylic acids is 14. The molecule has 1 aliphatic rings. The third-order valence-electron chi connectivity index (χ3n) is 16.7. The molecule has 1 fully saturated rings. The highest BCUT2D eigenvalue weighted by Gasteiger charge is 2.46. The summed E-state index contributed by atoms with van der Waals surface area (Å²) in [5, 5.41) is 109. The molecule has 14 amide bonds. The minimum atomic E-state index is -2.25. The Hall–Kier alpha value is -11.1. The molecule has 1 saturated heterocycles. The molecule has 612 valence electrons. The van der Waals surface area contributed by atoms with E-state index in [2.05, 4.69) is 73.6 Å². The number of primary amides is 3. The van der Waals surface area contributed by atoms with Gasteiger partial charge in [0.25, 0.3) is 12.2 Å². The maximum atomic E-state index is 14.4. The number of nitrogens with one attached hydrogen (secondary N) is 12. The van der Waals surface area contributed by atoms with E-state index in [0.29, 0.717) is 17.5 Å². The molecule has 1 aromatic heterocycles. The van der Waals surface area contributed by atoms with E-state index in [0.717, 1.165) is 6.92 Å². The van der Waals surface area contributed by atoms with Crippen LogP contribution in [0, 0.1) is 5.92 Å². The number of aliphatic hydroxyl groups is 5. The fourth-order valence-corrected chi connectivity index (χ4v) is 10.5. The van der Waals surface area contributed by atoms with Gasteiger partial charge in [0.1, 0.15) is 103 Å². The third-order valence-corrected chi connectivity index (χ3v) is 16.7. The lowest BCUT2D eigenvalue weighted by atomic mass is 9.99. The van der Waals surface area contributed by atoms with E-state index < -0.39 is 249 Å². The smallest absolute Gasteiger partial charge is 0.305 e. The molecule has 1 aromatic carbocycles. The number of hydrogen-bond donors (Lipinski definition) is 25. The van der Waals surface area contributed by atoms with Crippen LogP contribution in [0.3, 0.4) is 0 Å². The fourth-order valence-electron chi connectivity index (χ4n) is 10.5. The van der Waals surface area contributed by atoms with Crippen LogP contribution in [-0.2, 0) is 99.1 Å². The van der Waals surface area contributed by atoms with Gasteiger partial charge >= 0.3 is 11.9 Å². The maximum absolute atomic E-state index is 14.4. The van der Waals surface area contributed by atoms with Gasteiger partial charge in [0.15, 0.2) is 0 Å².